The predicted octanol–water partition coefficient (Wildman–Crippen LogP) is 1.18. The summed E-state index contributed by atoms with van der Waals surface area (Å²) in [6.07, 6.45) is 7.00. The van der Waals surface area contributed by atoms with Crippen LogP contribution in [0.5, 0.6) is 0 Å². The van der Waals surface area contributed by atoms with Crippen LogP contribution >= 0.6 is 0 Å². The van der Waals surface area contributed by atoms with Gasteiger partial charge in [0.1, 0.15) is 11.7 Å². The molecule has 0 saturated heterocycles. The first-order valence-electron chi connectivity index (χ1n) is 6.40. The van der Waals surface area contributed by atoms with Gasteiger partial charge in [-0.2, -0.15) is 0 Å². The van der Waals surface area contributed by atoms with E-state index in [-0.39, 0.29) is 5.91 Å². The minimum atomic E-state index is -0.566. The van der Waals surface area contributed by atoms with E-state index in [1.807, 2.05) is 0 Å². The zero-order valence-electron chi connectivity index (χ0n) is 10.3. The van der Waals surface area contributed by atoms with E-state index in [9.17, 15) is 9.59 Å². The summed E-state index contributed by atoms with van der Waals surface area (Å²) in [5.74, 6) is -0.227. The first-order chi connectivity index (χ1) is 8.66. The van der Waals surface area contributed by atoms with Crippen molar-refractivity contribution in [2.45, 2.75) is 38.1 Å². The summed E-state index contributed by atoms with van der Waals surface area (Å²) in [7, 11) is 0. The van der Waals surface area contributed by atoms with Gasteiger partial charge in [-0.25, -0.2) is 0 Å². The van der Waals surface area contributed by atoms with Crippen molar-refractivity contribution in [1.82, 2.24) is 10.3 Å². The highest BCUT2D eigenvalue weighted by atomic mass is 16.2. The third-order valence-corrected chi connectivity index (χ3v) is 3.54. The molecule has 18 heavy (non-hydrogen) atoms. The van der Waals surface area contributed by atoms with Crippen LogP contribution in [0.2, 0.25) is 0 Å². The lowest BCUT2D eigenvalue weighted by Gasteiger charge is -2.18. The summed E-state index contributed by atoms with van der Waals surface area (Å²) >= 11 is 0. The Bertz CT molecular complexity index is 408. The molecular formula is C13H19N3O2. The molecule has 1 atom stereocenters. The van der Waals surface area contributed by atoms with E-state index in [0.717, 1.165) is 12.8 Å². The molecule has 4 N–H and O–H groups in total. The van der Waals surface area contributed by atoms with Crippen molar-refractivity contribution >= 4 is 11.8 Å². The van der Waals surface area contributed by atoms with Gasteiger partial charge in [-0.3, -0.25) is 9.59 Å². The van der Waals surface area contributed by atoms with E-state index < -0.39 is 11.9 Å². The molecule has 0 bridgehead atoms. The van der Waals surface area contributed by atoms with Gasteiger partial charge in [0, 0.05) is 6.20 Å². The monoisotopic (exact) mass is 249 g/mol. The lowest BCUT2D eigenvalue weighted by atomic mass is 9.98. The number of amides is 2. The zero-order valence-corrected chi connectivity index (χ0v) is 10.3. The number of aromatic amines is 1. The predicted molar refractivity (Wildman–Crippen MR) is 67.8 cm³/mol. The molecule has 0 unspecified atom stereocenters. The largest absolute Gasteiger partial charge is 0.368 e. The van der Waals surface area contributed by atoms with Crippen molar-refractivity contribution in [3.8, 4) is 0 Å². The molecule has 0 aromatic carbocycles. The third-order valence-electron chi connectivity index (χ3n) is 3.54. The van der Waals surface area contributed by atoms with Gasteiger partial charge in [-0.1, -0.05) is 25.7 Å². The van der Waals surface area contributed by atoms with Gasteiger partial charge >= 0.3 is 0 Å². The third kappa shape index (κ3) is 3.12. The molecule has 0 spiro atoms. The van der Waals surface area contributed by atoms with Gasteiger partial charge in [0.15, 0.2) is 0 Å². The molecule has 5 nitrogen and oxygen atoms in total. The standard InChI is InChI=1S/C13H19N3O2/c14-12(17)11(8-9-4-1-2-5-9)16-13(18)10-6-3-7-15-10/h3,6-7,9,11,15H,1-2,4-5,8H2,(H2,14,17)(H,16,18)/t11-/m0/s1. The maximum atomic E-state index is 11.8. The highest BCUT2D eigenvalue weighted by Gasteiger charge is 2.25. The molecule has 1 aromatic heterocycles. The fourth-order valence-electron chi connectivity index (χ4n) is 2.53. The topological polar surface area (TPSA) is 88.0 Å². The number of nitrogens with one attached hydrogen (secondary N) is 2. The number of hydrogen-bond donors (Lipinski definition) is 3. The van der Waals surface area contributed by atoms with E-state index in [0.29, 0.717) is 18.0 Å². The highest BCUT2D eigenvalue weighted by Crippen LogP contribution is 2.28. The van der Waals surface area contributed by atoms with Crippen molar-refractivity contribution in [2.75, 3.05) is 0 Å². The Balaban J connectivity index is 1.93. The van der Waals surface area contributed by atoms with Crippen LogP contribution in [0.15, 0.2) is 18.3 Å². The van der Waals surface area contributed by atoms with Gasteiger partial charge in [-0.15, -0.1) is 0 Å². The number of aromatic nitrogens is 1. The van der Waals surface area contributed by atoms with Gasteiger partial charge < -0.3 is 16.0 Å². The number of carbonyl (C=O) groups excluding carboxylic acids is 2. The van der Waals surface area contributed by atoms with E-state index in [1.165, 1.54) is 12.8 Å². The molecule has 1 aliphatic carbocycles. The Hall–Kier alpha value is -1.78. The normalized spacial score (nSPS) is 17.6. The molecule has 1 fully saturated rings. The molecule has 5 heteroatoms. The van der Waals surface area contributed by atoms with Gasteiger partial charge in [0.05, 0.1) is 0 Å². The molecule has 2 amide bonds. The quantitative estimate of drug-likeness (QED) is 0.731. The van der Waals surface area contributed by atoms with Gasteiger partial charge in [0.25, 0.3) is 5.91 Å². The fourth-order valence-corrected chi connectivity index (χ4v) is 2.53. The molecular weight excluding hydrogens is 230 g/mol. The first-order valence-corrected chi connectivity index (χ1v) is 6.40. The number of primary amides is 1. The molecule has 1 aromatic rings. The Labute approximate surface area is 106 Å². The van der Waals surface area contributed by atoms with Crippen LogP contribution in [0.3, 0.4) is 0 Å². The maximum absolute atomic E-state index is 11.8. The zero-order chi connectivity index (χ0) is 13.0. The summed E-state index contributed by atoms with van der Waals surface area (Å²) in [6.45, 7) is 0. The molecule has 1 saturated carbocycles. The lowest BCUT2D eigenvalue weighted by Crippen LogP contribution is -2.45. The van der Waals surface area contributed by atoms with Crippen molar-refractivity contribution in [1.29, 1.82) is 0 Å². The summed E-state index contributed by atoms with van der Waals surface area (Å²) in [5.41, 5.74) is 5.80. The van der Waals surface area contributed by atoms with Crippen LogP contribution in [0, 0.1) is 5.92 Å². The van der Waals surface area contributed by atoms with E-state index in [4.69, 9.17) is 5.73 Å². The molecule has 1 heterocycles. The van der Waals surface area contributed by atoms with Gasteiger partial charge in [0.2, 0.25) is 5.91 Å². The average Bonchev–Trinajstić information content (AvgIpc) is 3.00. The van der Waals surface area contributed by atoms with Crippen LogP contribution in [0.25, 0.3) is 0 Å². The van der Waals surface area contributed by atoms with Gasteiger partial charge in [-0.05, 0) is 24.5 Å². The molecule has 2 rings (SSSR count). The number of nitrogens with two attached hydrogens (primary N) is 1. The Morgan fingerprint density at radius 1 is 1.44 bits per heavy atom. The molecule has 0 aliphatic heterocycles. The SMILES string of the molecule is NC(=O)[C@H](CC1CCCC1)NC(=O)c1ccc[nH]1. The summed E-state index contributed by atoms with van der Waals surface area (Å²) < 4.78 is 0. The van der Waals surface area contributed by atoms with Crippen molar-refractivity contribution in [2.24, 2.45) is 11.7 Å². The maximum Gasteiger partial charge on any atom is 0.268 e. The number of carbonyl (C=O) groups is 2. The second-order valence-electron chi connectivity index (χ2n) is 4.90. The smallest absolute Gasteiger partial charge is 0.268 e. The summed E-state index contributed by atoms with van der Waals surface area (Å²) in [6, 6.07) is 2.84. The minimum absolute atomic E-state index is 0.276. The molecule has 1 aliphatic rings. The number of hydrogen-bond acceptors (Lipinski definition) is 2. The van der Waals surface area contributed by atoms with Crippen LogP contribution < -0.4 is 11.1 Å². The van der Waals surface area contributed by atoms with E-state index in [2.05, 4.69) is 10.3 Å². The second-order valence-corrected chi connectivity index (χ2v) is 4.90. The lowest BCUT2D eigenvalue weighted by molar-refractivity contribution is -0.120. The fraction of sp³-hybridized carbons (Fsp3) is 0.538. The average molecular weight is 249 g/mol. The van der Waals surface area contributed by atoms with Crippen molar-refractivity contribution in [3.05, 3.63) is 24.0 Å². The van der Waals surface area contributed by atoms with Crippen molar-refractivity contribution < 1.29 is 9.59 Å². The second kappa shape index (κ2) is 5.71. The minimum Gasteiger partial charge on any atom is -0.368 e. The first kappa shape index (κ1) is 12.7. The van der Waals surface area contributed by atoms with Crippen molar-refractivity contribution in [3.63, 3.8) is 0 Å². The summed E-state index contributed by atoms with van der Waals surface area (Å²) in [5, 5.41) is 2.70. The van der Waals surface area contributed by atoms with Crippen LogP contribution in [0.1, 0.15) is 42.6 Å². The number of rotatable bonds is 5. The van der Waals surface area contributed by atoms with Crippen LogP contribution in [-0.4, -0.2) is 22.8 Å². The van der Waals surface area contributed by atoms with E-state index in [1.54, 1.807) is 18.3 Å². The van der Waals surface area contributed by atoms with Crippen LogP contribution in [-0.2, 0) is 4.79 Å². The molecule has 0 radical (unpaired) electrons. The Morgan fingerprint density at radius 2 is 2.17 bits per heavy atom. The molecule has 98 valence electrons. The highest BCUT2D eigenvalue weighted by molar-refractivity contribution is 5.95. The Kier molecular flexibility index (Phi) is 4.02. The number of H-pyrrole nitrogens is 1. The Morgan fingerprint density at radius 3 is 2.72 bits per heavy atom. The summed E-state index contributed by atoms with van der Waals surface area (Å²) in [4.78, 5) is 26.0. The van der Waals surface area contributed by atoms with Crippen LogP contribution in [0.4, 0.5) is 0 Å². The van der Waals surface area contributed by atoms with E-state index >= 15 is 0 Å².